The number of aliphatic hydroxyl groups excluding tert-OH is 1. The van der Waals surface area contributed by atoms with Gasteiger partial charge in [0.05, 0.1) is 18.6 Å². The summed E-state index contributed by atoms with van der Waals surface area (Å²) in [6, 6.07) is 10.1. The van der Waals surface area contributed by atoms with E-state index < -0.39 is 18.6 Å². The Kier molecular flexibility index (Phi) is 5.57. The van der Waals surface area contributed by atoms with Crippen molar-refractivity contribution in [1.29, 1.82) is 5.26 Å². The molecule has 1 saturated heterocycles. The zero-order valence-corrected chi connectivity index (χ0v) is 14.2. The highest BCUT2D eigenvalue weighted by Crippen LogP contribution is 2.20. The molecule has 1 fully saturated rings. The summed E-state index contributed by atoms with van der Waals surface area (Å²) in [6.07, 6.45) is -3.30. The summed E-state index contributed by atoms with van der Waals surface area (Å²) in [5.74, 6) is 0.198. The van der Waals surface area contributed by atoms with E-state index >= 15 is 0 Å². The number of rotatable bonds is 5. The Morgan fingerprint density at radius 1 is 1.26 bits per heavy atom. The fourth-order valence-corrected chi connectivity index (χ4v) is 2.89. The third-order valence-corrected chi connectivity index (χ3v) is 4.32. The summed E-state index contributed by atoms with van der Waals surface area (Å²) in [7, 11) is 0. The number of alkyl halides is 2. The van der Waals surface area contributed by atoms with Crippen molar-refractivity contribution in [1.82, 2.24) is 15.5 Å². The van der Waals surface area contributed by atoms with Crippen molar-refractivity contribution in [2.45, 2.75) is 25.0 Å². The number of hydrogen-bond donors (Lipinski definition) is 2. The van der Waals surface area contributed by atoms with Crippen LogP contribution in [0.25, 0.3) is 0 Å². The zero-order valence-electron chi connectivity index (χ0n) is 14.2. The van der Waals surface area contributed by atoms with Gasteiger partial charge < -0.3 is 15.3 Å². The first-order chi connectivity index (χ1) is 13.0. The van der Waals surface area contributed by atoms with Gasteiger partial charge in [-0.05, 0) is 17.7 Å². The van der Waals surface area contributed by atoms with Crippen LogP contribution in [-0.2, 0) is 11.2 Å². The van der Waals surface area contributed by atoms with Gasteiger partial charge in [-0.1, -0.05) is 24.3 Å². The van der Waals surface area contributed by atoms with E-state index in [-0.39, 0.29) is 30.1 Å². The van der Waals surface area contributed by atoms with E-state index in [1.165, 1.54) is 30.3 Å². The normalized spacial score (nSPS) is 19.1. The van der Waals surface area contributed by atoms with E-state index in [1.807, 2.05) is 6.07 Å². The lowest BCUT2D eigenvalue weighted by Gasteiger charge is -2.17. The molecule has 2 atom stereocenters. The quantitative estimate of drug-likeness (QED) is 0.816. The maximum Gasteiger partial charge on any atom is 0.263 e. The number of nitriles is 1. The highest BCUT2D eigenvalue weighted by atomic mass is 19.3. The molecule has 2 unspecified atom stereocenters. The van der Waals surface area contributed by atoms with Crippen molar-refractivity contribution in [2.75, 3.05) is 18.0 Å². The Hall–Kier alpha value is -3.12. The van der Waals surface area contributed by atoms with Crippen molar-refractivity contribution >= 4 is 11.7 Å². The molecule has 7 nitrogen and oxygen atoms in total. The largest absolute Gasteiger partial charge is 0.389 e. The molecule has 27 heavy (non-hydrogen) atoms. The number of nitrogens with one attached hydrogen (secondary N) is 1. The van der Waals surface area contributed by atoms with Crippen LogP contribution in [0.2, 0.25) is 0 Å². The molecule has 0 aliphatic carbocycles. The number of hydrogen-bond acceptors (Lipinski definition) is 6. The van der Waals surface area contributed by atoms with E-state index in [2.05, 4.69) is 15.5 Å². The predicted octanol–water partition coefficient (Wildman–Crippen LogP) is 1.19. The molecule has 9 heteroatoms. The van der Waals surface area contributed by atoms with Gasteiger partial charge in [0.1, 0.15) is 6.07 Å². The van der Waals surface area contributed by atoms with Gasteiger partial charge in [0.2, 0.25) is 5.91 Å². The fourth-order valence-electron chi connectivity index (χ4n) is 2.89. The second-order valence-electron chi connectivity index (χ2n) is 6.25. The van der Waals surface area contributed by atoms with E-state index in [4.69, 9.17) is 5.26 Å². The van der Waals surface area contributed by atoms with Gasteiger partial charge >= 0.3 is 0 Å². The molecule has 3 rings (SSSR count). The van der Waals surface area contributed by atoms with Crippen LogP contribution in [0.1, 0.15) is 23.2 Å². The van der Waals surface area contributed by atoms with Crippen molar-refractivity contribution < 1.29 is 18.7 Å². The molecule has 2 heterocycles. The lowest BCUT2D eigenvalue weighted by atomic mass is 10.1. The first kappa shape index (κ1) is 18.7. The van der Waals surface area contributed by atoms with Gasteiger partial charge in [-0.25, -0.2) is 8.78 Å². The molecule has 0 saturated carbocycles. The van der Waals surface area contributed by atoms with E-state index in [0.717, 1.165) is 0 Å². The number of nitrogens with zero attached hydrogens (tertiary/aromatic N) is 4. The standard InChI is InChI=1S/C18H17F2N5O2/c19-18(20)12-3-1-11(2-4-12)7-17(27)22-14-9-25(10-15(14)26)16-6-5-13(8-21)23-24-16/h1-6,14-15,18,26H,7,9-10H2,(H,22,27). The van der Waals surface area contributed by atoms with Gasteiger partial charge in [0.25, 0.3) is 6.43 Å². The zero-order chi connectivity index (χ0) is 19.4. The Morgan fingerprint density at radius 3 is 2.59 bits per heavy atom. The second kappa shape index (κ2) is 8.05. The van der Waals surface area contributed by atoms with Crippen LogP contribution in [0.3, 0.4) is 0 Å². The van der Waals surface area contributed by atoms with E-state index in [0.29, 0.717) is 17.9 Å². The number of benzene rings is 1. The number of carbonyl (C=O) groups excluding carboxylic acids is 1. The number of halogens is 2. The molecule has 1 amide bonds. The average molecular weight is 373 g/mol. The summed E-state index contributed by atoms with van der Waals surface area (Å²) < 4.78 is 25.1. The number of β-amino-alcohol motifs (C(OH)–C–C–N with tert-alkyl or cyclic N) is 1. The molecule has 1 aliphatic heterocycles. The van der Waals surface area contributed by atoms with Gasteiger partial charge in [-0.3, -0.25) is 4.79 Å². The highest BCUT2D eigenvalue weighted by molar-refractivity contribution is 5.79. The first-order valence-corrected chi connectivity index (χ1v) is 8.29. The van der Waals surface area contributed by atoms with Crippen LogP contribution < -0.4 is 10.2 Å². The molecular formula is C18H17F2N5O2. The Morgan fingerprint density at radius 2 is 2.00 bits per heavy atom. The molecule has 1 aromatic heterocycles. The molecule has 2 N–H and O–H groups in total. The smallest absolute Gasteiger partial charge is 0.263 e. The Bertz CT molecular complexity index is 836. The van der Waals surface area contributed by atoms with Crippen molar-refractivity contribution in [3.05, 3.63) is 53.2 Å². The van der Waals surface area contributed by atoms with Crippen molar-refractivity contribution in [2.24, 2.45) is 0 Å². The minimum absolute atomic E-state index is 0.0312. The molecule has 0 bridgehead atoms. The Labute approximate surface area is 154 Å². The van der Waals surface area contributed by atoms with Crippen LogP contribution in [0.4, 0.5) is 14.6 Å². The molecule has 0 radical (unpaired) electrons. The number of aliphatic hydroxyl groups is 1. The van der Waals surface area contributed by atoms with Crippen molar-refractivity contribution in [3.8, 4) is 6.07 Å². The number of carbonyl (C=O) groups is 1. The SMILES string of the molecule is N#Cc1ccc(N2CC(O)C(NC(=O)Cc3ccc(C(F)F)cc3)C2)nn1. The second-order valence-corrected chi connectivity index (χ2v) is 6.25. The van der Waals surface area contributed by atoms with Gasteiger partial charge in [0.15, 0.2) is 11.5 Å². The molecule has 2 aromatic rings. The van der Waals surface area contributed by atoms with Crippen molar-refractivity contribution in [3.63, 3.8) is 0 Å². The van der Waals surface area contributed by atoms with Gasteiger partial charge in [0, 0.05) is 18.7 Å². The van der Waals surface area contributed by atoms with Crippen LogP contribution in [0.15, 0.2) is 36.4 Å². The summed E-state index contributed by atoms with van der Waals surface area (Å²) >= 11 is 0. The third kappa shape index (κ3) is 4.54. The lowest BCUT2D eigenvalue weighted by molar-refractivity contribution is -0.121. The van der Waals surface area contributed by atoms with E-state index in [9.17, 15) is 18.7 Å². The fraction of sp³-hybridized carbons (Fsp3) is 0.333. The van der Waals surface area contributed by atoms with Crippen LogP contribution in [0.5, 0.6) is 0 Å². The summed E-state index contributed by atoms with van der Waals surface area (Å²) in [6.45, 7) is 0.617. The predicted molar refractivity (Wildman–Crippen MR) is 92.0 cm³/mol. The average Bonchev–Trinajstić information content (AvgIpc) is 3.02. The third-order valence-electron chi connectivity index (χ3n) is 4.32. The topological polar surface area (TPSA) is 102 Å². The summed E-state index contributed by atoms with van der Waals surface area (Å²) in [4.78, 5) is 14.0. The van der Waals surface area contributed by atoms with Gasteiger partial charge in [-0.15, -0.1) is 10.2 Å². The van der Waals surface area contributed by atoms with Crippen LogP contribution in [-0.4, -0.2) is 46.4 Å². The maximum atomic E-state index is 12.6. The molecule has 1 aromatic carbocycles. The molecule has 1 aliphatic rings. The minimum atomic E-state index is -2.54. The monoisotopic (exact) mass is 373 g/mol. The minimum Gasteiger partial charge on any atom is -0.389 e. The number of anilines is 1. The molecule has 0 spiro atoms. The molecule has 140 valence electrons. The first-order valence-electron chi connectivity index (χ1n) is 8.29. The maximum absolute atomic E-state index is 12.6. The Balaban J connectivity index is 1.56. The lowest BCUT2D eigenvalue weighted by Crippen LogP contribution is -2.43. The van der Waals surface area contributed by atoms with Crippen LogP contribution in [0, 0.1) is 11.3 Å². The van der Waals surface area contributed by atoms with Crippen LogP contribution >= 0.6 is 0 Å². The number of amides is 1. The summed E-state index contributed by atoms with van der Waals surface area (Å²) in [5.41, 5.74) is 0.713. The van der Waals surface area contributed by atoms with E-state index in [1.54, 1.807) is 11.0 Å². The number of aromatic nitrogens is 2. The highest BCUT2D eigenvalue weighted by Gasteiger charge is 2.33. The molecular weight excluding hydrogens is 356 g/mol. The van der Waals surface area contributed by atoms with Gasteiger partial charge in [-0.2, -0.15) is 5.26 Å². The summed E-state index contributed by atoms with van der Waals surface area (Å²) in [5, 5.41) is 29.4.